The average molecular weight is 370 g/mol. The first kappa shape index (κ1) is 18.9. The van der Waals surface area contributed by atoms with E-state index < -0.39 is 0 Å². The van der Waals surface area contributed by atoms with Crippen molar-refractivity contribution >= 4 is 17.4 Å². The van der Waals surface area contributed by atoms with Crippen LogP contribution >= 0.6 is 0 Å². The molecule has 144 valence electrons. The first-order chi connectivity index (χ1) is 13.1. The van der Waals surface area contributed by atoms with Crippen molar-refractivity contribution in [1.82, 2.24) is 9.97 Å². The molecule has 0 saturated heterocycles. The summed E-state index contributed by atoms with van der Waals surface area (Å²) in [7, 11) is 3.13. The van der Waals surface area contributed by atoms with Crippen LogP contribution in [0.25, 0.3) is 0 Å². The number of rotatable bonds is 6. The zero-order chi connectivity index (χ0) is 19.2. The highest BCUT2D eigenvalue weighted by molar-refractivity contribution is 6.03. The normalized spacial score (nSPS) is 14.5. The van der Waals surface area contributed by atoms with Crippen molar-refractivity contribution in [3.05, 3.63) is 35.8 Å². The lowest BCUT2D eigenvalue weighted by atomic mass is 9.95. The molecule has 0 bridgehead atoms. The summed E-state index contributed by atoms with van der Waals surface area (Å²) in [5.41, 5.74) is 0.936. The minimum absolute atomic E-state index is 0.292. The molecule has 2 N–H and O–H groups in total. The lowest BCUT2D eigenvalue weighted by molar-refractivity contribution is 0.102. The topological polar surface area (TPSA) is 85.4 Å². The lowest BCUT2D eigenvalue weighted by Crippen LogP contribution is -2.24. The van der Waals surface area contributed by atoms with Crippen LogP contribution in [0.15, 0.2) is 24.3 Å². The Morgan fingerprint density at radius 3 is 2.48 bits per heavy atom. The third kappa shape index (κ3) is 4.87. The van der Waals surface area contributed by atoms with Gasteiger partial charge in [0.2, 0.25) is 0 Å². The van der Waals surface area contributed by atoms with E-state index >= 15 is 0 Å². The number of ether oxygens (including phenoxy) is 2. The Morgan fingerprint density at radius 2 is 1.78 bits per heavy atom. The van der Waals surface area contributed by atoms with Gasteiger partial charge in [0.15, 0.2) is 11.5 Å². The summed E-state index contributed by atoms with van der Waals surface area (Å²) in [6.07, 6.45) is 6.02. The molecule has 0 aliphatic heterocycles. The molecule has 7 nitrogen and oxygen atoms in total. The van der Waals surface area contributed by atoms with Gasteiger partial charge in [-0.3, -0.25) is 4.79 Å². The van der Waals surface area contributed by atoms with Gasteiger partial charge in [0, 0.05) is 23.9 Å². The number of carbonyl (C=O) groups excluding carboxylic acids is 1. The summed E-state index contributed by atoms with van der Waals surface area (Å²) in [5.74, 6) is 2.13. The fourth-order valence-electron chi connectivity index (χ4n) is 3.32. The highest BCUT2D eigenvalue weighted by atomic mass is 16.5. The van der Waals surface area contributed by atoms with Crippen LogP contribution < -0.4 is 20.1 Å². The number of amides is 1. The van der Waals surface area contributed by atoms with Crippen LogP contribution in [-0.2, 0) is 0 Å². The second-order valence-electron chi connectivity index (χ2n) is 6.69. The molecule has 7 heteroatoms. The largest absolute Gasteiger partial charge is 0.493 e. The van der Waals surface area contributed by atoms with E-state index in [0.29, 0.717) is 40.6 Å². The zero-order valence-corrected chi connectivity index (χ0v) is 16.0. The molecular formula is C20H26N4O3. The molecule has 0 radical (unpaired) electrons. The quantitative estimate of drug-likeness (QED) is 0.804. The molecule has 1 aliphatic rings. The van der Waals surface area contributed by atoms with E-state index in [1.165, 1.54) is 19.3 Å². The van der Waals surface area contributed by atoms with E-state index in [-0.39, 0.29) is 5.91 Å². The van der Waals surface area contributed by atoms with Gasteiger partial charge in [0.05, 0.1) is 14.2 Å². The van der Waals surface area contributed by atoms with E-state index in [1.54, 1.807) is 45.4 Å². The minimum Gasteiger partial charge on any atom is -0.493 e. The first-order valence-electron chi connectivity index (χ1n) is 9.24. The molecule has 1 aliphatic carbocycles. The summed E-state index contributed by atoms with van der Waals surface area (Å²) < 4.78 is 10.5. The maximum Gasteiger partial charge on any atom is 0.274 e. The second kappa shape index (κ2) is 8.70. The van der Waals surface area contributed by atoms with Gasteiger partial charge in [-0.15, -0.1) is 0 Å². The maximum atomic E-state index is 12.7. The maximum absolute atomic E-state index is 12.7. The molecule has 3 rings (SSSR count). The van der Waals surface area contributed by atoms with E-state index in [2.05, 4.69) is 20.6 Å². The molecule has 1 fully saturated rings. The Hall–Kier alpha value is -2.83. The number of anilines is 2. The number of methoxy groups -OCH3 is 2. The third-order valence-corrected chi connectivity index (χ3v) is 4.67. The molecule has 1 heterocycles. The number of aromatic nitrogens is 2. The Balaban J connectivity index is 1.74. The van der Waals surface area contributed by atoms with Crippen molar-refractivity contribution in [2.75, 3.05) is 24.9 Å². The molecule has 0 atom stereocenters. The van der Waals surface area contributed by atoms with Crippen molar-refractivity contribution < 1.29 is 14.3 Å². The van der Waals surface area contributed by atoms with Crippen LogP contribution in [0.4, 0.5) is 11.5 Å². The Labute approximate surface area is 159 Å². The molecule has 1 aromatic heterocycles. The SMILES string of the molecule is COc1ccc(NC(=O)c2cc(NC3CCCCC3)nc(C)n2)cc1OC. The minimum atomic E-state index is -0.292. The monoisotopic (exact) mass is 370 g/mol. The van der Waals surface area contributed by atoms with Crippen molar-refractivity contribution in [3.63, 3.8) is 0 Å². The molecule has 1 saturated carbocycles. The van der Waals surface area contributed by atoms with Crippen LogP contribution in [-0.4, -0.2) is 36.1 Å². The standard InChI is InChI=1S/C20H26N4O3/c1-13-21-16(12-19(22-13)23-14-7-5-4-6-8-14)20(25)24-15-9-10-17(26-2)18(11-15)27-3/h9-12,14H,4-8H2,1-3H3,(H,24,25)(H,21,22,23). The number of benzene rings is 1. The molecule has 1 aromatic carbocycles. The first-order valence-corrected chi connectivity index (χ1v) is 9.24. The van der Waals surface area contributed by atoms with Crippen LogP contribution in [0.1, 0.15) is 48.4 Å². The van der Waals surface area contributed by atoms with Gasteiger partial charge in [-0.25, -0.2) is 9.97 Å². The van der Waals surface area contributed by atoms with E-state index in [1.807, 2.05) is 0 Å². The van der Waals surface area contributed by atoms with Crippen LogP contribution in [0.2, 0.25) is 0 Å². The molecule has 27 heavy (non-hydrogen) atoms. The summed E-state index contributed by atoms with van der Waals surface area (Å²) in [4.78, 5) is 21.4. The predicted octanol–water partition coefficient (Wildman–Crippen LogP) is 3.80. The van der Waals surface area contributed by atoms with Gasteiger partial charge >= 0.3 is 0 Å². The number of nitrogens with zero attached hydrogens (tertiary/aromatic N) is 2. The van der Waals surface area contributed by atoms with Crippen molar-refractivity contribution in [2.45, 2.75) is 45.1 Å². The van der Waals surface area contributed by atoms with Crippen molar-refractivity contribution in [3.8, 4) is 11.5 Å². The molecule has 1 amide bonds. The van der Waals surface area contributed by atoms with Gasteiger partial charge in [-0.2, -0.15) is 0 Å². The third-order valence-electron chi connectivity index (χ3n) is 4.67. The van der Waals surface area contributed by atoms with Gasteiger partial charge in [0.25, 0.3) is 5.91 Å². The van der Waals surface area contributed by atoms with E-state index in [0.717, 1.165) is 12.8 Å². The fraction of sp³-hybridized carbons (Fsp3) is 0.450. The zero-order valence-electron chi connectivity index (χ0n) is 16.0. The van der Waals surface area contributed by atoms with Crippen molar-refractivity contribution in [2.24, 2.45) is 0 Å². The van der Waals surface area contributed by atoms with Crippen LogP contribution in [0, 0.1) is 6.92 Å². The fourth-order valence-corrected chi connectivity index (χ4v) is 3.32. The van der Waals surface area contributed by atoms with Crippen molar-refractivity contribution in [1.29, 1.82) is 0 Å². The van der Waals surface area contributed by atoms with Crippen LogP contribution in [0.5, 0.6) is 11.5 Å². The molecule has 0 spiro atoms. The molecule has 2 aromatic rings. The number of hydrogen-bond acceptors (Lipinski definition) is 6. The van der Waals surface area contributed by atoms with Crippen LogP contribution in [0.3, 0.4) is 0 Å². The summed E-state index contributed by atoms with van der Waals surface area (Å²) >= 11 is 0. The van der Waals surface area contributed by atoms with Gasteiger partial charge in [-0.1, -0.05) is 19.3 Å². The Morgan fingerprint density at radius 1 is 1.04 bits per heavy atom. The molecule has 0 unspecified atom stereocenters. The predicted molar refractivity (Wildman–Crippen MR) is 105 cm³/mol. The highest BCUT2D eigenvalue weighted by Gasteiger charge is 2.16. The van der Waals surface area contributed by atoms with E-state index in [9.17, 15) is 4.79 Å². The Bertz CT molecular complexity index is 804. The molecular weight excluding hydrogens is 344 g/mol. The summed E-state index contributed by atoms with van der Waals surface area (Å²) in [5, 5.41) is 6.30. The van der Waals surface area contributed by atoms with E-state index in [4.69, 9.17) is 9.47 Å². The average Bonchev–Trinajstić information content (AvgIpc) is 2.68. The summed E-state index contributed by atoms with van der Waals surface area (Å²) in [6, 6.07) is 7.34. The smallest absolute Gasteiger partial charge is 0.274 e. The number of carbonyl (C=O) groups is 1. The Kier molecular flexibility index (Phi) is 6.11. The number of aryl methyl sites for hydroxylation is 1. The lowest BCUT2D eigenvalue weighted by Gasteiger charge is -2.23. The van der Waals surface area contributed by atoms with Gasteiger partial charge < -0.3 is 20.1 Å². The second-order valence-corrected chi connectivity index (χ2v) is 6.69. The summed E-state index contributed by atoms with van der Waals surface area (Å²) in [6.45, 7) is 1.79. The number of nitrogens with one attached hydrogen (secondary N) is 2. The van der Waals surface area contributed by atoms with Gasteiger partial charge in [-0.05, 0) is 31.9 Å². The highest BCUT2D eigenvalue weighted by Crippen LogP contribution is 2.30. The number of hydrogen-bond donors (Lipinski definition) is 2. The van der Waals surface area contributed by atoms with Gasteiger partial charge in [0.1, 0.15) is 17.3 Å².